The third-order valence-corrected chi connectivity index (χ3v) is 5.51. The van der Waals surface area contributed by atoms with E-state index in [0.29, 0.717) is 0 Å². The predicted molar refractivity (Wildman–Crippen MR) is 106 cm³/mol. The maximum Gasteiger partial charge on any atom is 0.0531 e. The molecule has 0 radical (unpaired) electrons. The van der Waals surface area contributed by atoms with Crippen LogP contribution in [-0.2, 0) is 0 Å². The van der Waals surface area contributed by atoms with Crippen LogP contribution in [0.1, 0.15) is 49.3 Å². The normalized spacial score (nSPS) is 15.4. The summed E-state index contributed by atoms with van der Waals surface area (Å²) in [5.74, 6) is 0.758. The molecule has 1 aromatic heterocycles. The van der Waals surface area contributed by atoms with Gasteiger partial charge >= 0.3 is 0 Å². The highest BCUT2D eigenvalue weighted by Gasteiger charge is 2.16. The Morgan fingerprint density at radius 1 is 0.800 bits per heavy atom. The largest absolute Gasteiger partial charge is 0.399 e. The van der Waals surface area contributed by atoms with Crippen molar-refractivity contribution in [2.45, 2.75) is 44.9 Å². The lowest BCUT2D eigenvalue weighted by molar-refractivity contribution is 0.443. The van der Waals surface area contributed by atoms with Gasteiger partial charge in [0.25, 0.3) is 0 Å². The van der Waals surface area contributed by atoms with Crippen LogP contribution in [0.15, 0.2) is 60.7 Å². The molecule has 25 heavy (non-hydrogen) atoms. The number of nitrogens with two attached hydrogens (primary N) is 1. The zero-order chi connectivity index (χ0) is 17.2. The van der Waals surface area contributed by atoms with E-state index in [1.165, 1.54) is 54.6 Å². The Bertz CT molecular complexity index is 835. The van der Waals surface area contributed by atoms with Crippen molar-refractivity contribution >= 4 is 5.69 Å². The van der Waals surface area contributed by atoms with Gasteiger partial charge in [0.05, 0.1) is 5.69 Å². The first-order chi connectivity index (χ1) is 12.2. The van der Waals surface area contributed by atoms with Crippen molar-refractivity contribution < 1.29 is 0 Å². The van der Waals surface area contributed by atoms with Crippen molar-refractivity contribution in [3.05, 3.63) is 71.9 Å². The molecule has 0 spiro atoms. The number of nitrogen functional groups attached to an aromatic ring is 1. The van der Waals surface area contributed by atoms with Crippen molar-refractivity contribution in [1.29, 1.82) is 0 Å². The highest BCUT2D eigenvalue weighted by molar-refractivity contribution is 5.65. The summed E-state index contributed by atoms with van der Waals surface area (Å²) in [4.78, 5) is 0. The Kier molecular flexibility index (Phi) is 4.35. The van der Waals surface area contributed by atoms with E-state index in [9.17, 15) is 0 Å². The molecule has 0 unspecified atom stereocenters. The second kappa shape index (κ2) is 6.79. The number of nitrogens with zero attached hydrogens (tertiary/aromatic N) is 1. The van der Waals surface area contributed by atoms with E-state index in [0.717, 1.165) is 17.3 Å². The summed E-state index contributed by atoms with van der Waals surface area (Å²) in [6, 6.07) is 21.7. The van der Waals surface area contributed by atoms with Gasteiger partial charge in [0.2, 0.25) is 0 Å². The minimum Gasteiger partial charge on any atom is -0.399 e. The summed E-state index contributed by atoms with van der Waals surface area (Å²) in [7, 11) is 0. The minimum atomic E-state index is 0.758. The summed E-state index contributed by atoms with van der Waals surface area (Å²) in [5, 5.41) is 0. The van der Waals surface area contributed by atoms with Crippen molar-refractivity contribution in [2.24, 2.45) is 0 Å². The molecular weight excluding hydrogens is 304 g/mol. The highest BCUT2D eigenvalue weighted by Crippen LogP contribution is 2.34. The average molecular weight is 330 g/mol. The van der Waals surface area contributed by atoms with Gasteiger partial charge in [0.15, 0.2) is 0 Å². The maximum atomic E-state index is 5.85. The van der Waals surface area contributed by atoms with Crippen molar-refractivity contribution in [3.8, 4) is 16.9 Å². The van der Waals surface area contributed by atoms with Gasteiger partial charge in [-0.05, 0) is 73.2 Å². The second-order valence-corrected chi connectivity index (χ2v) is 7.24. The van der Waals surface area contributed by atoms with Gasteiger partial charge < -0.3 is 10.3 Å². The molecule has 1 aliphatic carbocycles. The van der Waals surface area contributed by atoms with Gasteiger partial charge in [-0.15, -0.1) is 0 Å². The summed E-state index contributed by atoms with van der Waals surface area (Å²) in [6.07, 6.45) is 6.86. The van der Waals surface area contributed by atoms with Crippen LogP contribution in [0.4, 0.5) is 5.69 Å². The predicted octanol–water partition coefficient (Wildman–Crippen LogP) is 6.08. The molecule has 1 saturated carbocycles. The van der Waals surface area contributed by atoms with E-state index in [1.54, 1.807) is 0 Å². The Morgan fingerprint density at radius 3 is 2.16 bits per heavy atom. The molecule has 128 valence electrons. The Labute approximate surface area is 150 Å². The molecule has 1 fully saturated rings. The topological polar surface area (TPSA) is 30.9 Å². The molecule has 2 nitrogen and oxygen atoms in total. The van der Waals surface area contributed by atoms with E-state index < -0.39 is 0 Å². The lowest BCUT2D eigenvalue weighted by Gasteiger charge is -2.22. The Balaban J connectivity index is 1.67. The minimum absolute atomic E-state index is 0.758. The number of hydrogen-bond acceptors (Lipinski definition) is 1. The molecule has 4 rings (SSSR count). The fraction of sp³-hybridized carbons (Fsp3) is 0.304. The first-order valence-corrected chi connectivity index (χ1v) is 9.37. The van der Waals surface area contributed by atoms with Crippen molar-refractivity contribution in [1.82, 2.24) is 4.57 Å². The van der Waals surface area contributed by atoms with Crippen LogP contribution in [0, 0.1) is 6.92 Å². The Hall–Kier alpha value is -2.48. The van der Waals surface area contributed by atoms with Gasteiger partial charge in [0, 0.05) is 17.1 Å². The highest BCUT2D eigenvalue weighted by atomic mass is 15.0. The summed E-state index contributed by atoms with van der Waals surface area (Å²) in [6.45, 7) is 2.15. The molecule has 0 amide bonds. The fourth-order valence-corrected chi connectivity index (χ4v) is 4.09. The first kappa shape index (κ1) is 16.0. The van der Waals surface area contributed by atoms with Gasteiger partial charge in [-0.1, -0.05) is 43.5 Å². The quantitative estimate of drug-likeness (QED) is 0.579. The maximum absolute atomic E-state index is 5.85. The van der Waals surface area contributed by atoms with Crippen molar-refractivity contribution in [3.63, 3.8) is 0 Å². The molecule has 0 saturated heterocycles. The molecule has 0 aliphatic heterocycles. The molecule has 3 aromatic rings. The van der Waals surface area contributed by atoms with E-state index in [1.807, 2.05) is 12.1 Å². The third kappa shape index (κ3) is 3.21. The van der Waals surface area contributed by atoms with Gasteiger partial charge in [-0.2, -0.15) is 0 Å². The first-order valence-electron chi connectivity index (χ1n) is 9.37. The van der Waals surface area contributed by atoms with E-state index in [-0.39, 0.29) is 0 Å². The molecule has 2 heteroatoms. The molecular formula is C23H26N2. The van der Waals surface area contributed by atoms with Gasteiger partial charge in [-0.25, -0.2) is 0 Å². The summed E-state index contributed by atoms with van der Waals surface area (Å²) >= 11 is 0. The molecule has 0 atom stereocenters. The third-order valence-electron chi connectivity index (χ3n) is 5.51. The van der Waals surface area contributed by atoms with Gasteiger partial charge in [0.1, 0.15) is 0 Å². The van der Waals surface area contributed by atoms with E-state index in [2.05, 4.69) is 60.0 Å². The number of rotatable bonds is 3. The number of benzene rings is 2. The van der Waals surface area contributed by atoms with Crippen LogP contribution in [0.2, 0.25) is 0 Å². The standard InChI is InChI=1S/C23H26N2/c1-17-7-16-23(25(17)22-14-12-21(24)13-15-22)20-10-8-19(9-11-20)18-5-3-2-4-6-18/h7-16,18H,2-6,24H2,1H3. The van der Waals surface area contributed by atoms with Crippen LogP contribution in [0.5, 0.6) is 0 Å². The lowest BCUT2D eigenvalue weighted by Crippen LogP contribution is -2.04. The molecule has 2 aromatic carbocycles. The number of anilines is 1. The monoisotopic (exact) mass is 330 g/mol. The summed E-state index contributed by atoms with van der Waals surface area (Å²) in [5.41, 5.74) is 13.0. The summed E-state index contributed by atoms with van der Waals surface area (Å²) < 4.78 is 2.30. The number of aryl methyl sites for hydroxylation is 1. The zero-order valence-electron chi connectivity index (χ0n) is 14.9. The average Bonchev–Trinajstić information content (AvgIpc) is 3.05. The van der Waals surface area contributed by atoms with E-state index >= 15 is 0 Å². The SMILES string of the molecule is Cc1ccc(-c2ccc(C3CCCCC3)cc2)n1-c1ccc(N)cc1. The molecule has 1 aliphatic rings. The number of aromatic nitrogens is 1. The smallest absolute Gasteiger partial charge is 0.0531 e. The number of hydrogen-bond donors (Lipinski definition) is 1. The lowest BCUT2D eigenvalue weighted by atomic mass is 9.84. The van der Waals surface area contributed by atoms with Crippen LogP contribution in [0.3, 0.4) is 0 Å². The van der Waals surface area contributed by atoms with Crippen molar-refractivity contribution in [2.75, 3.05) is 5.73 Å². The Morgan fingerprint density at radius 2 is 1.48 bits per heavy atom. The van der Waals surface area contributed by atoms with Gasteiger partial charge in [-0.3, -0.25) is 0 Å². The molecule has 1 heterocycles. The van der Waals surface area contributed by atoms with Crippen LogP contribution >= 0.6 is 0 Å². The molecule has 0 bridgehead atoms. The second-order valence-electron chi connectivity index (χ2n) is 7.24. The van der Waals surface area contributed by atoms with Crippen LogP contribution < -0.4 is 5.73 Å². The zero-order valence-corrected chi connectivity index (χ0v) is 14.9. The molecule has 2 N–H and O–H groups in total. The fourth-order valence-electron chi connectivity index (χ4n) is 4.09. The van der Waals surface area contributed by atoms with E-state index in [4.69, 9.17) is 5.73 Å². The van der Waals surface area contributed by atoms with Crippen LogP contribution in [0.25, 0.3) is 16.9 Å². The van der Waals surface area contributed by atoms with Crippen LogP contribution in [-0.4, -0.2) is 4.57 Å².